The summed E-state index contributed by atoms with van der Waals surface area (Å²) < 4.78 is 1.30. The number of aromatic nitrogens is 3. The molecule has 0 radical (unpaired) electrons. The van der Waals surface area contributed by atoms with E-state index in [0.29, 0.717) is 33.0 Å². The summed E-state index contributed by atoms with van der Waals surface area (Å²) in [4.78, 5) is 53.2. The van der Waals surface area contributed by atoms with Crippen LogP contribution in [0.15, 0.2) is 33.2 Å². The molecule has 2 atom stereocenters. The number of amides is 2. The Morgan fingerprint density at radius 1 is 1.42 bits per heavy atom. The zero-order valence-electron chi connectivity index (χ0n) is 20.2. The summed E-state index contributed by atoms with van der Waals surface area (Å²) in [5, 5.41) is 19.9. The average molecular weight is 581 g/mol. The van der Waals surface area contributed by atoms with Crippen molar-refractivity contribution >= 4 is 75.5 Å². The second-order valence-electron chi connectivity index (χ2n) is 8.21. The molecule has 1 fully saturated rings. The van der Waals surface area contributed by atoms with E-state index >= 15 is 0 Å². The fraction of sp³-hybridized carbons (Fsp3) is 0.350. The standard InChI is InChI=1S/C20H24N10O5S3/c1-28(2)11-4-29(23)20(27-15(11)21)38-7-9-6-36-17-13(16(32)30(17)14(9)18(33)34)26-12(31)3-24-35-5-10-8-37-19(22)25-10/h3-4,8,13,17,21H,5-7,23H2,1-2H3,(H4,22,25,26,31,33,34)/b24-3-. The minimum atomic E-state index is -1.49. The third-order valence-corrected chi connectivity index (χ3v) is 8.50. The molecule has 0 aliphatic carbocycles. The highest BCUT2D eigenvalue weighted by atomic mass is 32.2. The molecule has 1 saturated heterocycles. The molecule has 38 heavy (non-hydrogen) atoms. The second kappa shape index (κ2) is 11.3. The molecule has 7 N–H and O–H groups in total. The molecule has 0 aromatic carbocycles. The monoisotopic (exact) mass is 580 g/mol. The second-order valence-corrected chi connectivity index (χ2v) is 11.1. The van der Waals surface area contributed by atoms with Crippen molar-refractivity contribution in [2.45, 2.75) is 23.2 Å². The number of nitrogens with two attached hydrogens (primary N) is 3. The number of nitrogens with one attached hydrogen (secondary N) is 1. The Morgan fingerprint density at radius 3 is 2.84 bits per heavy atom. The normalized spacial score (nSPS) is 18.8. The number of fused-ring (bicyclic) bond motifs is 1. The lowest BCUT2D eigenvalue weighted by Gasteiger charge is -2.50. The molecule has 4 heterocycles. The van der Waals surface area contributed by atoms with Gasteiger partial charge in [-0.25, -0.2) is 4.98 Å². The summed E-state index contributed by atoms with van der Waals surface area (Å²) in [6.45, 7) is 0.0265. The number of carboxylic acids is 1. The first-order valence-electron chi connectivity index (χ1n) is 10.9. The number of thiazole rings is 1. The van der Waals surface area contributed by atoms with Crippen molar-refractivity contribution in [3.63, 3.8) is 0 Å². The third kappa shape index (κ3) is 5.70. The van der Waals surface area contributed by atoms with Gasteiger partial charge in [0.25, 0.3) is 17.6 Å². The molecule has 2 unspecified atom stereocenters. The first-order valence-corrected chi connectivity index (χ1v) is 13.8. The van der Waals surface area contributed by atoms with Crippen molar-refractivity contribution in [1.29, 1.82) is 0 Å². The molecule has 2 aliphatic rings. The lowest BCUT2D eigenvalue weighted by Crippen LogP contribution is -2.71. The van der Waals surface area contributed by atoms with E-state index in [4.69, 9.17) is 22.1 Å². The van der Waals surface area contributed by atoms with Crippen LogP contribution in [0.1, 0.15) is 5.69 Å². The molecule has 2 aromatic rings. The van der Waals surface area contributed by atoms with E-state index < -0.39 is 29.2 Å². The fourth-order valence-electron chi connectivity index (χ4n) is 3.62. The van der Waals surface area contributed by atoms with Crippen molar-refractivity contribution in [3.05, 3.63) is 28.5 Å². The van der Waals surface area contributed by atoms with Crippen LogP contribution in [-0.4, -0.2) is 75.9 Å². The summed E-state index contributed by atoms with van der Waals surface area (Å²) in [6, 6.07) is -0.924. The van der Waals surface area contributed by atoms with E-state index in [9.17, 15) is 19.5 Å². The molecule has 2 amide bonds. The Labute approximate surface area is 229 Å². The number of carbonyl (C=O) groups is 3. The summed E-state index contributed by atoms with van der Waals surface area (Å²) in [5.74, 6) is 4.04. The quantitative estimate of drug-likeness (QED) is 0.0433. The minimum absolute atomic E-state index is 0.0265. The number of β-lactam (4-membered cyclic amide) rings is 1. The molecule has 18 heteroatoms. The van der Waals surface area contributed by atoms with Crippen molar-refractivity contribution < 1.29 is 29.0 Å². The molecule has 0 bridgehead atoms. The number of nitrogen functional groups attached to an aromatic ring is 3. The summed E-state index contributed by atoms with van der Waals surface area (Å²) in [5.41, 5.74) is 13.0. The SMILES string of the molecule is CN(C)c1c[n+](N)c(SCC2=C(C(=O)[O-])N3C(=O)C(NC(=O)/C=N\OCc4csc(N)n4)C3SC2)nc1N. The van der Waals surface area contributed by atoms with Crippen LogP contribution in [0.4, 0.5) is 16.6 Å². The Bertz CT molecular complexity index is 1330. The highest BCUT2D eigenvalue weighted by Gasteiger charge is 2.52. The van der Waals surface area contributed by atoms with Crippen LogP contribution < -0.4 is 37.3 Å². The van der Waals surface area contributed by atoms with E-state index in [0.717, 1.165) is 11.1 Å². The topological polar surface area (TPSA) is 222 Å². The van der Waals surface area contributed by atoms with Crippen LogP contribution in [0.3, 0.4) is 0 Å². The minimum Gasteiger partial charge on any atom is -0.543 e. The molecule has 2 aliphatic heterocycles. The van der Waals surface area contributed by atoms with Gasteiger partial charge in [-0.15, -0.1) is 27.8 Å². The van der Waals surface area contributed by atoms with Gasteiger partial charge >= 0.3 is 5.16 Å². The van der Waals surface area contributed by atoms with Crippen molar-refractivity contribution in [1.82, 2.24) is 20.2 Å². The summed E-state index contributed by atoms with van der Waals surface area (Å²) in [7, 11) is 3.60. The smallest absolute Gasteiger partial charge is 0.384 e. The maximum atomic E-state index is 12.8. The number of rotatable bonds is 10. The predicted molar refractivity (Wildman–Crippen MR) is 141 cm³/mol. The van der Waals surface area contributed by atoms with Gasteiger partial charge in [-0.2, -0.15) is 0 Å². The number of hydrogen-bond acceptors (Lipinski definition) is 15. The zero-order chi connectivity index (χ0) is 27.6. The van der Waals surface area contributed by atoms with Crippen molar-refractivity contribution in [2.24, 2.45) is 5.16 Å². The van der Waals surface area contributed by atoms with E-state index in [2.05, 4.69) is 20.4 Å². The molecule has 0 spiro atoms. The highest BCUT2D eigenvalue weighted by molar-refractivity contribution is 8.01. The number of carbonyl (C=O) groups excluding carboxylic acids is 3. The Hall–Kier alpha value is -3.77. The number of aliphatic carboxylic acids is 1. The Balaban J connectivity index is 1.37. The van der Waals surface area contributed by atoms with E-state index in [1.54, 1.807) is 30.6 Å². The third-order valence-electron chi connectivity index (χ3n) is 5.38. The molecule has 15 nitrogen and oxygen atoms in total. The largest absolute Gasteiger partial charge is 0.543 e. The zero-order valence-corrected chi connectivity index (χ0v) is 22.6. The number of hydrogen-bond donors (Lipinski definition) is 4. The summed E-state index contributed by atoms with van der Waals surface area (Å²) >= 11 is 3.74. The van der Waals surface area contributed by atoms with Gasteiger partial charge in [0.15, 0.2) is 11.7 Å². The lowest BCUT2D eigenvalue weighted by molar-refractivity contribution is -0.681. The average Bonchev–Trinajstić information content (AvgIpc) is 3.29. The first kappa shape index (κ1) is 27.3. The lowest BCUT2D eigenvalue weighted by atomic mass is 10.0. The van der Waals surface area contributed by atoms with Gasteiger partial charge in [0.1, 0.15) is 29.5 Å². The molecule has 4 rings (SSSR count). The van der Waals surface area contributed by atoms with E-state index in [-0.39, 0.29) is 23.9 Å². The van der Waals surface area contributed by atoms with Crippen LogP contribution in [0.2, 0.25) is 0 Å². The van der Waals surface area contributed by atoms with Gasteiger partial charge in [-0.05, 0) is 22.3 Å². The van der Waals surface area contributed by atoms with E-state index in [1.165, 1.54) is 39.5 Å². The Kier molecular flexibility index (Phi) is 8.12. The molecule has 0 saturated carbocycles. The number of oxime groups is 1. The number of anilines is 3. The molecule has 2 aromatic heterocycles. The van der Waals surface area contributed by atoms with Gasteiger partial charge in [0.05, 0.1) is 17.4 Å². The Morgan fingerprint density at radius 2 is 2.18 bits per heavy atom. The predicted octanol–water partition coefficient (Wildman–Crippen LogP) is -2.53. The van der Waals surface area contributed by atoms with Crippen LogP contribution >= 0.6 is 34.9 Å². The van der Waals surface area contributed by atoms with E-state index in [1.807, 2.05) is 0 Å². The van der Waals surface area contributed by atoms with Gasteiger partial charge in [-0.3, -0.25) is 20.3 Å². The first-order chi connectivity index (χ1) is 18.1. The van der Waals surface area contributed by atoms with Crippen molar-refractivity contribution in [3.8, 4) is 0 Å². The molecule has 202 valence electrons. The number of carboxylic acid groups (broad SMARTS) is 1. The van der Waals surface area contributed by atoms with Crippen LogP contribution in [0.5, 0.6) is 0 Å². The van der Waals surface area contributed by atoms with Gasteiger partial charge in [0, 0.05) is 31.0 Å². The highest BCUT2D eigenvalue weighted by Crippen LogP contribution is 2.41. The van der Waals surface area contributed by atoms with Gasteiger partial charge < -0.3 is 36.4 Å². The summed E-state index contributed by atoms with van der Waals surface area (Å²) in [6.07, 6.45) is 2.50. The fourth-order valence-corrected chi connectivity index (χ4v) is 6.55. The van der Waals surface area contributed by atoms with Gasteiger partial charge in [-0.1, -0.05) is 5.16 Å². The van der Waals surface area contributed by atoms with Crippen molar-refractivity contribution in [2.75, 3.05) is 47.8 Å². The number of thioether (sulfide) groups is 2. The van der Waals surface area contributed by atoms with Crippen LogP contribution in [-0.2, 0) is 25.8 Å². The van der Waals surface area contributed by atoms with Crippen LogP contribution in [0, 0.1) is 0 Å². The molecular weight excluding hydrogens is 556 g/mol. The maximum absolute atomic E-state index is 12.8. The van der Waals surface area contributed by atoms with Crippen LogP contribution in [0.25, 0.3) is 0 Å². The van der Waals surface area contributed by atoms with Gasteiger partial charge in [0.2, 0.25) is 0 Å². The maximum Gasteiger partial charge on any atom is 0.384 e. The number of nitrogens with zero attached hydrogens (tertiary/aromatic N) is 6. The molecular formula is C20H24N10O5S3.